The van der Waals surface area contributed by atoms with Crippen LogP contribution in [0.2, 0.25) is 0 Å². The molecule has 4 heteroatoms. The van der Waals surface area contributed by atoms with E-state index in [4.69, 9.17) is 5.11 Å². The molecule has 0 fully saturated rings. The number of nitrogens with one attached hydrogen (secondary N) is 2. The van der Waals surface area contributed by atoms with E-state index < -0.39 is 0 Å². The lowest BCUT2D eigenvalue weighted by Crippen LogP contribution is -2.32. The van der Waals surface area contributed by atoms with Gasteiger partial charge in [-0.2, -0.15) is 0 Å². The number of aliphatic imine (C=N–C) groups is 1. The predicted molar refractivity (Wildman–Crippen MR) is 39.6 cm³/mol. The fourth-order valence-electron chi connectivity index (χ4n) is 0.675. The summed E-state index contributed by atoms with van der Waals surface area (Å²) in [5.74, 6) is 0. The molecule has 0 saturated carbocycles. The predicted octanol–water partition coefficient (Wildman–Crippen LogP) is -0.960. The highest BCUT2D eigenvalue weighted by molar-refractivity contribution is 5.64. The third-order valence-corrected chi connectivity index (χ3v) is 1.12. The lowest BCUT2D eigenvalue weighted by molar-refractivity contribution is 0.307. The van der Waals surface area contributed by atoms with E-state index in [0.717, 1.165) is 0 Å². The summed E-state index contributed by atoms with van der Waals surface area (Å²) in [5.41, 5.74) is 0. The largest absolute Gasteiger partial charge is 0.394 e. The molecule has 0 saturated heterocycles. The Bertz CT molecular complexity index is 136. The highest BCUT2D eigenvalue weighted by atomic mass is 16.3. The Morgan fingerprint density at radius 2 is 2.20 bits per heavy atom. The van der Waals surface area contributed by atoms with Crippen LogP contribution < -0.4 is 10.6 Å². The molecule has 4 nitrogen and oxygen atoms in total. The zero-order valence-electron chi connectivity index (χ0n) is 5.62. The molecule has 1 rings (SSSR count). The number of hydrogen-bond acceptors (Lipinski definition) is 4. The lowest BCUT2D eigenvalue weighted by Gasteiger charge is -2.03. The molecule has 0 radical (unpaired) electrons. The summed E-state index contributed by atoms with van der Waals surface area (Å²) < 4.78 is 0. The minimum absolute atomic E-state index is 0.103. The second-order valence-corrected chi connectivity index (χ2v) is 1.92. The van der Waals surface area contributed by atoms with Crippen LogP contribution in [-0.2, 0) is 0 Å². The first-order valence-electron chi connectivity index (χ1n) is 3.21. The van der Waals surface area contributed by atoms with E-state index in [1.165, 1.54) is 0 Å². The smallest absolute Gasteiger partial charge is 0.132 e. The van der Waals surface area contributed by atoms with Gasteiger partial charge in [-0.3, -0.25) is 4.99 Å². The minimum Gasteiger partial charge on any atom is -0.394 e. The molecule has 0 bridgehead atoms. The molecule has 0 aromatic heterocycles. The molecule has 56 valence electrons. The van der Waals surface area contributed by atoms with Gasteiger partial charge < -0.3 is 15.7 Å². The molecule has 1 heterocycles. The first kappa shape index (κ1) is 7.08. The third kappa shape index (κ3) is 2.06. The van der Waals surface area contributed by atoms with Gasteiger partial charge in [0.2, 0.25) is 0 Å². The van der Waals surface area contributed by atoms with Gasteiger partial charge in [-0.1, -0.05) is 0 Å². The standard InChI is InChI=1S/C6H11N3O/c10-4-3-7-5-6-8-1-2-9-6/h1-2,5-6,8-10H,3-4H2. The summed E-state index contributed by atoms with van der Waals surface area (Å²) >= 11 is 0. The van der Waals surface area contributed by atoms with Gasteiger partial charge in [-0.05, 0) is 0 Å². The van der Waals surface area contributed by atoms with Crippen LogP contribution in [0.5, 0.6) is 0 Å². The van der Waals surface area contributed by atoms with Crippen LogP contribution in [0.3, 0.4) is 0 Å². The van der Waals surface area contributed by atoms with E-state index in [0.29, 0.717) is 6.54 Å². The van der Waals surface area contributed by atoms with Gasteiger partial charge in [0.05, 0.1) is 13.2 Å². The molecule has 0 aromatic carbocycles. The first-order chi connectivity index (χ1) is 4.93. The Morgan fingerprint density at radius 3 is 2.80 bits per heavy atom. The number of hydrogen-bond donors (Lipinski definition) is 3. The van der Waals surface area contributed by atoms with Crippen molar-refractivity contribution in [3.05, 3.63) is 12.4 Å². The summed E-state index contributed by atoms with van der Waals surface area (Å²) in [4.78, 5) is 3.93. The van der Waals surface area contributed by atoms with Crippen molar-refractivity contribution in [1.82, 2.24) is 10.6 Å². The Balaban J connectivity index is 2.12. The summed E-state index contributed by atoms with van der Waals surface area (Å²) in [5, 5.41) is 14.4. The number of aliphatic hydroxyl groups excluding tert-OH is 1. The van der Waals surface area contributed by atoms with Crippen molar-refractivity contribution < 1.29 is 5.11 Å². The molecule has 0 unspecified atom stereocenters. The molecule has 10 heavy (non-hydrogen) atoms. The normalized spacial score (nSPS) is 17.7. The van der Waals surface area contributed by atoms with E-state index in [2.05, 4.69) is 15.6 Å². The van der Waals surface area contributed by atoms with Crippen molar-refractivity contribution in [2.24, 2.45) is 4.99 Å². The van der Waals surface area contributed by atoms with Crippen molar-refractivity contribution in [1.29, 1.82) is 0 Å². The molecule has 0 atom stereocenters. The molecule has 0 spiro atoms. The van der Waals surface area contributed by atoms with Gasteiger partial charge >= 0.3 is 0 Å². The maximum Gasteiger partial charge on any atom is 0.132 e. The summed E-state index contributed by atoms with van der Waals surface area (Å²) in [6, 6.07) is 0. The number of nitrogens with zero attached hydrogens (tertiary/aromatic N) is 1. The molecular weight excluding hydrogens is 130 g/mol. The average Bonchev–Trinajstić information content (AvgIpc) is 2.41. The average molecular weight is 141 g/mol. The topological polar surface area (TPSA) is 56.7 Å². The van der Waals surface area contributed by atoms with Gasteiger partial charge in [-0.25, -0.2) is 0 Å². The van der Waals surface area contributed by atoms with Crippen molar-refractivity contribution in [3.8, 4) is 0 Å². The highest BCUT2D eigenvalue weighted by Gasteiger charge is 2.01. The van der Waals surface area contributed by atoms with Gasteiger partial charge in [0.1, 0.15) is 6.17 Å². The van der Waals surface area contributed by atoms with Crippen molar-refractivity contribution in [3.63, 3.8) is 0 Å². The van der Waals surface area contributed by atoms with Crippen LogP contribution in [0.1, 0.15) is 0 Å². The van der Waals surface area contributed by atoms with Crippen LogP contribution in [0.15, 0.2) is 17.4 Å². The van der Waals surface area contributed by atoms with Gasteiger partial charge in [-0.15, -0.1) is 0 Å². The fraction of sp³-hybridized carbons (Fsp3) is 0.500. The molecular formula is C6H11N3O. The molecule has 1 aliphatic heterocycles. The van der Waals surface area contributed by atoms with Crippen molar-refractivity contribution in [2.75, 3.05) is 13.2 Å². The van der Waals surface area contributed by atoms with Gasteiger partial charge in [0.25, 0.3) is 0 Å². The Kier molecular flexibility index (Phi) is 2.76. The van der Waals surface area contributed by atoms with Gasteiger partial charge in [0.15, 0.2) is 0 Å². The van der Waals surface area contributed by atoms with Crippen LogP contribution in [-0.4, -0.2) is 30.6 Å². The quantitative estimate of drug-likeness (QED) is 0.444. The zero-order valence-corrected chi connectivity index (χ0v) is 5.62. The van der Waals surface area contributed by atoms with E-state index in [1.54, 1.807) is 6.21 Å². The maximum atomic E-state index is 8.37. The number of aliphatic hydroxyl groups is 1. The van der Waals surface area contributed by atoms with Crippen LogP contribution in [0.25, 0.3) is 0 Å². The molecule has 3 N–H and O–H groups in total. The van der Waals surface area contributed by atoms with E-state index in [9.17, 15) is 0 Å². The molecule has 0 aromatic rings. The van der Waals surface area contributed by atoms with Crippen LogP contribution in [0.4, 0.5) is 0 Å². The summed E-state index contributed by atoms with van der Waals surface area (Å²) in [7, 11) is 0. The zero-order chi connectivity index (χ0) is 7.23. The van der Waals surface area contributed by atoms with E-state index >= 15 is 0 Å². The second-order valence-electron chi connectivity index (χ2n) is 1.92. The molecule has 0 aliphatic carbocycles. The third-order valence-electron chi connectivity index (χ3n) is 1.12. The van der Waals surface area contributed by atoms with Crippen molar-refractivity contribution >= 4 is 6.21 Å². The monoisotopic (exact) mass is 141 g/mol. The van der Waals surface area contributed by atoms with Crippen LogP contribution >= 0.6 is 0 Å². The lowest BCUT2D eigenvalue weighted by atomic mass is 10.5. The maximum absolute atomic E-state index is 8.37. The fourth-order valence-corrected chi connectivity index (χ4v) is 0.675. The van der Waals surface area contributed by atoms with E-state index in [-0.39, 0.29) is 12.8 Å². The first-order valence-corrected chi connectivity index (χ1v) is 3.21. The minimum atomic E-state index is 0.103. The SMILES string of the molecule is OCCN=CC1NC=CN1. The van der Waals surface area contributed by atoms with Gasteiger partial charge in [0, 0.05) is 18.6 Å². The summed E-state index contributed by atoms with van der Waals surface area (Å²) in [6.45, 7) is 0.580. The Hall–Kier alpha value is -1.03. The summed E-state index contributed by atoms with van der Waals surface area (Å²) in [6.07, 6.45) is 5.47. The highest BCUT2D eigenvalue weighted by Crippen LogP contribution is 1.82. The Labute approximate surface area is 59.7 Å². The van der Waals surface area contributed by atoms with Crippen molar-refractivity contribution in [2.45, 2.75) is 6.17 Å². The Morgan fingerprint density at radius 1 is 1.50 bits per heavy atom. The van der Waals surface area contributed by atoms with E-state index in [1.807, 2.05) is 12.4 Å². The number of rotatable bonds is 3. The second kappa shape index (κ2) is 3.90. The molecule has 1 aliphatic rings. The molecule has 0 amide bonds. The van der Waals surface area contributed by atoms with Crippen LogP contribution in [0, 0.1) is 0 Å².